The SMILES string of the molecule is CCOC(CN1C(=O)C(CC(=O)Nc2cccc(Cl)c2)(NC(=O)Nc2ccc(C)cc2)c2ccccc21)OCC. The predicted molar refractivity (Wildman–Crippen MR) is 156 cm³/mol. The summed E-state index contributed by atoms with van der Waals surface area (Å²) in [5.41, 5.74) is 1.41. The molecule has 1 aliphatic heterocycles. The molecule has 0 saturated carbocycles. The van der Waals surface area contributed by atoms with Crippen molar-refractivity contribution >= 4 is 46.5 Å². The minimum atomic E-state index is -1.70. The summed E-state index contributed by atoms with van der Waals surface area (Å²) in [6, 6.07) is 20.4. The molecule has 3 aromatic rings. The Morgan fingerprint density at radius 2 is 1.62 bits per heavy atom. The number of halogens is 1. The fraction of sp³-hybridized carbons (Fsp3) is 0.300. The minimum absolute atomic E-state index is 0.0798. The van der Waals surface area contributed by atoms with Crippen LogP contribution in [0.4, 0.5) is 21.9 Å². The average Bonchev–Trinajstić information content (AvgIpc) is 3.13. The zero-order valence-electron chi connectivity index (χ0n) is 22.7. The standard InChI is InChI=1S/C30H33ClN4O5/c1-4-39-27(40-5-2)19-35-25-12-7-6-11-24(25)30(28(35)37,18-26(36)32-23-10-8-9-21(31)17-23)34-29(38)33-22-15-13-20(3)14-16-22/h6-17,27H,4-5,18-19H2,1-3H3,(H,32,36)(H2,33,34,38). The number of urea groups is 1. The summed E-state index contributed by atoms with van der Waals surface area (Å²) in [6.45, 7) is 6.48. The van der Waals surface area contributed by atoms with Gasteiger partial charge in [-0.3, -0.25) is 9.59 Å². The normalized spacial score (nSPS) is 16.1. The number of carbonyl (C=O) groups is 3. The highest BCUT2D eigenvalue weighted by Crippen LogP contribution is 2.43. The van der Waals surface area contributed by atoms with Crippen molar-refractivity contribution in [2.45, 2.75) is 39.0 Å². The first-order valence-electron chi connectivity index (χ1n) is 13.1. The fourth-order valence-corrected chi connectivity index (χ4v) is 4.91. The first kappa shape index (κ1) is 29.1. The van der Waals surface area contributed by atoms with E-state index in [4.69, 9.17) is 21.1 Å². The van der Waals surface area contributed by atoms with E-state index < -0.39 is 29.7 Å². The van der Waals surface area contributed by atoms with Crippen molar-refractivity contribution < 1.29 is 23.9 Å². The molecule has 0 saturated heterocycles. The molecule has 1 heterocycles. The lowest BCUT2D eigenvalue weighted by Gasteiger charge is -2.30. The van der Waals surface area contributed by atoms with Crippen LogP contribution < -0.4 is 20.9 Å². The third-order valence-electron chi connectivity index (χ3n) is 6.47. The Balaban J connectivity index is 1.69. The number of amides is 4. The van der Waals surface area contributed by atoms with Crippen LogP contribution in [0.2, 0.25) is 5.02 Å². The van der Waals surface area contributed by atoms with E-state index in [1.165, 1.54) is 4.90 Å². The van der Waals surface area contributed by atoms with Gasteiger partial charge in [0.1, 0.15) is 0 Å². The predicted octanol–water partition coefficient (Wildman–Crippen LogP) is 5.44. The van der Waals surface area contributed by atoms with E-state index >= 15 is 0 Å². The third-order valence-corrected chi connectivity index (χ3v) is 6.71. The Hall–Kier alpha value is -3.92. The molecule has 1 atom stereocenters. The Bertz CT molecular complexity index is 1360. The second-order valence-corrected chi connectivity index (χ2v) is 9.80. The summed E-state index contributed by atoms with van der Waals surface area (Å²) < 4.78 is 11.4. The molecule has 0 radical (unpaired) electrons. The lowest BCUT2D eigenvalue weighted by molar-refractivity contribution is -0.138. The maximum atomic E-state index is 14.3. The summed E-state index contributed by atoms with van der Waals surface area (Å²) in [5, 5.41) is 8.88. The number of hydrogen-bond donors (Lipinski definition) is 3. The van der Waals surface area contributed by atoms with E-state index in [-0.39, 0.29) is 13.0 Å². The largest absolute Gasteiger partial charge is 0.351 e. The lowest BCUT2D eigenvalue weighted by atomic mass is 9.87. The van der Waals surface area contributed by atoms with Crippen molar-refractivity contribution in [1.82, 2.24) is 5.32 Å². The summed E-state index contributed by atoms with van der Waals surface area (Å²) in [5.74, 6) is -0.951. The molecule has 3 aromatic carbocycles. The van der Waals surface area contributed by atoms with Crippen LogP contribution in [0.25, 0.3) is 0 Å². The number of hydrogen-bond acceptors (Lipinski definition) is 5. The number of aryl methyl sites for hydroxylation is 1. The van der Waals surface area contributed by atoms with Gasteiger partial charge >= 0.3 is 6.03 Å². The molecule has 3 N–H and O–H groups in total. The van der Waals surface area contributed by atoms with E-state index in [1.54, 1.807) is 60.7 Å². The van der Waals surface area contributed by atoms with Gasteiger partial charge < -0.3 is 30.3 Å². The smallest absolute Gasteiger partial charge is 0.320 e. The van der Waals surface area contributed by atoms with E-state index in [2.05, 4.69) is 16.0 Å². The van der Waals surface area contributed by atoms with E-state index in [1.807, 2.05) is 32.9 Å². The molecule has 1 unspecified atom stereocenters. The van der Waals surface area contributed by atoms with Crippen molar-refractivity contribution in [3.8, 4) is 0 Å². The number of para-hydroxylation sites is 1. The Labute approximate surface area is 238 Å². The quantitative estimate of drug-likeness (QED) is 0.269. The molecule has 4 amide bonds. The molecule has 0 spiro atoms. The van der Waals surface area contributed by atoms with Crippen LogP contribution in [0.5, 0.6) is 0 Å². The molecule has 0 fully saturated rings. The molecule has 0 bridgehead atoms. The fourth-order valence-electron chi connectivity index (χ4n) is 4.72. The van der Waals surface area contributed by atoms with Crippen LogP contribution in [-0.4, -0.2) is 43.9 Å². The average molecular weight is 565 g/mol. The second-order valence-electron chi connectivity index (χ2n) is 9.36. The summed E-state index contributed by atoms with van der Waals surface area (Å²) in [7, 11) is 0. The Morgan fingerprint density at radius 3 is 2.30 bits per heavy atom. The van der Waals surface area contributed by atoms with Gasteiger partial charge in [0.15, 0.2) is 11.8 Å². The van der Waals surface area contributed by atoms with Crippen LogP contribution in [0, 0.1) is 6.92 Å². The maximum Gasteiger partial charge on any atom is 0.320 e. The number of carbonyl (C=O) groups excluding carboxylic acids is 3. The van der Waals surface area contributed by atoms with Crippen molar-refractivity contribution in [3.05, 3.63) is 88.9 Å². The summed E-state index contributed by atoms with van der Waals surface area (Å²) in [4.78, 5) is 42.5. The lowest BCUT2D eigenvalue weighted by Crippen LogP contribution is -2.56. The summed E-state index contributed by atoms with van der Waals surface area (Å²) >= 11 is 6.09. The van der Waals surface area contributed by atoms with Crippen molar-refractivity contribution in [2.24, 2.45) is 0 Å². The van der Waals surface area contributed by atoms with Crippen LogP contribution in [0.15, 0.2) is 72.8 Å². The highest BCUT2D eigenvalue weighted by Gasteiger charge is 2.53. The van der Waals surface area contributed by atoms with Gasteiger partial charge in [0, 0.05) is 35.2 Å². The maximum absolute atomic E-state index is 14.3. The first-order chi connectivity index (χ1) is 19.3. The molecule has 0 aromatic heterocycles. The topological polar surface area (TPSA) is 109 Å². The van der Waals surface area contributed by atoms with Gasteiger partial charge in [-0.2, -0.15) is 0 Å². The molecule has 0 aliphatic carbocycles. The van der Waals surface area contributed by atoms with Gasteiger partial charge in [-0.15, -0.1) is 0 Å². The third kappa shape index (κ3) is 6.62. The number of benzene rings is 3. The molecule has 10 heteroatoms. The van der Waals surface area contributed by atoms with E-state index in [0.29, 0.717) is 40.9 Å². The first-order valence-corrected chi connectivity index (χ1v) is 13.5. The van der Waals surface area contributed by atoms with Crippen molar-refractivity contribution in [1.29, 1.82) is 0 Å². The van der Waals surface area contributed by atoms with Gasteiger partial charge in [-0.1, -0.05) is 53.6 Å². The number of nitrogens with one attached hydrogen (secondary N) is 3. The number of rotatable bonds is 11. The highest BCUT2D eigenvalue weighted by molar-refractivity contribution is 6.30. The number of anilines is 3. The summed E-state index contributed by atoms with van der Waals surface area (Å²) in [6.07, 6.45) is -1.05. The van der Waals surface area contributed by atoms with Gasteiger partial charge in [0.2, 0.25) is 5.91 Å². The van der Waals surface area contributed by atoms with Crippen molar-refractivity contribution in [3.63, 3.8) is 0 Å². The van der Waals surface area contributed by atoms with Gasteiger partial charge in [0.05, 0.1) is 18.7 Å². The minimum Gasteiger partial charge on any atom is -0.351 e. The van der Waals surface area contributed by atoms with E-state index in [0.717, 1.165) is 5.56 Å². The zero-order valence-corrected chi connectivity index (χ0v) is 23.5. The van der Waals surface area contributed by atoms with Gasteiger partial charge in [-0.25, -0.2) is 4.79 Å². The molecule has 210 valence electrons. The van der Waals surface area contributed by atoms with Crippen LogP contribution >= 0.6 is 11.6 Å². The van der Waals surface area contributed by atoms with Crippen LogP contribution in [-0.2, 0) is 24.6 Å². The molecular formula is C30H33ClN4O5. The number of ether oxygens (including phenoxy) is 2. The van der Waals surface area contributed by atoms with Crippen molar-refractivity contribution in [2.75, 3.05) is 35.3 Å². The number of nitrogens with zero attached hydrogens (tertiary/aromatic N) is 1. The monoisotopic (exact) mass is 564 g/mol. The highest BCUT2D eigenvalue weighted by atomic mass is 35.5. The number of fused-ring (bicyclic) bond motifs is 1. The second kappa shape index (κ2) is 13.0. The van der Waals surface area contributed by atoms with Gasteiger partial charge in [-0.05, 0) is 57.2 Å². The van der Waals surface area contributed by atoms with Crippen LogP contribution in [0.1, 0.15) is 31.4 Å². The molecule has 9 nitrogen and oxygen atoms in total. The zero-order chi connectivity index (χ0) is 28.7. The van der Waals surface area contributed by atoms with E-state index in [9.17, 15) is 14.4 Å². The molecule has 4 rings (SSSR count). The Kier molecular flexibility index (Phi) is 9.42. The molecule has 1 aliphatic rings. The van der Waals surface area contributed by atoms with Gasteiger partial charge in [0.25, 0.3) is 5.91 Å². The molecular weight excluding hydrogens is 532 g/mol. The van der Waals surface area contributed by atoms with Crippen LogP contribution in [0.3, 0.4) is 0 Å². The Morgan fingerprint density at radius 1 is 0.925 bits per heavy atom. The molecule has 40 heavy (non-hydrogen) atoms.